The Morgan fingerprint density at radius 2 is 2.00 bits per heavy atom. The van der Waals surface area contributed by atoms with Gasteiger partial charge >= 0.3 is 0 Å². The van der Waals surface area contributed by atoms with Crippen molar-refractivity contribution in [1.29, 1.82) is 0 Å². The molecule has 0 saturated carbocycles. The van der Waals surface area contributed by atoms with E-state index in [2.05, 4.69) is 10.4 Å². The molecule has 1 aliphatic carbocycles. The van der Waals surface area contributed by atoms with Crippen molar-refractivity contribution in [2.75, 3.05) is 16.8 Å². The number of aromatic nitrogens is 2. The number of carbonyl (C=O) groups is 2. The van der Waals surface area contributed by atoms with Crippen molar-refractivity contribution in [2.24, 2.45) is 0 Å². The Morgan fingerprint density at radius 3 is 2.71 bits per heavy atom. The molecular formula is C20H23N3O4S. The number of benzene rings is 1. The highest BCUT2D eigenvalue weighted by Gasteiger charge is 2.34. The summed E-state index contributed by atoms with van der Waals surface area (Å²) in [6.07, 6.45) is 4.12. The van der Waals surface area contributed by atoms with E-state index in [0.29, 0.717) is 23.4 Å². The second-order valence-corrected chi connectivity index (χ2v) is 9.80. The maximum Gasteiger partial charge on any atom is 0.276 e. The minimum atomic E-state index is -3.04. The predicted molar refractivity (Wildman–Crippen MR) is 106 cm³/mol. The minimum Gasteiger partial charge on any atom is -0.321 e. The Hall–Kier alpha value is -2.48. The van der Waals surface area contributed by atoms with Gasteiger partial charge in [0.1, 0.15) is 0 Å². The molecule has 1 aromatic heterocycles. The average molecular weight is 401 g/mol. The zero-order valence-corrected chi connectivity index (χ0v) is 16.6. The number of nitrogens with zero attached hydrogens (tertiary/aromatic N) is 2. The second-order valence-electron chi connectivity index (χ2n) is 7.57. The molecule has 2 aliphatic rings. The van der Waals surface area contributed by atoms with E-state index in [4.69, 9.17) is 0 Å². The molecule has 0 spiro atoms. The zero-order chi connectivity index (χ0) is 19.9. The summed E-state index contributed by atoms with van der Waals surface area (Å²) in [6, 6.07) is 6.61. The number of carbonyl (C=O) groups excluding carboxylic acids is 2. The summed E-state index contributed by atoms with van der Waals surface area (Å²) in [5.74, 6) is -0.132. The second kappa shape index (κ2) is 7.16. The van der Waals surface area contributed by atoms with Crippen LogP contribution in [0.3, 0.4) is 0 Å². The maximum atomic E-state index is 12.9. The lowest BCUT2D eigenvalue weighted by atomic mass is 9.95. The van der Waals surface area contributed by atoms with Crippen LogP contribution in [0.2, 0.25) is 0 Å². The topological polar surface area (TPSA) is 98.1 Å². The lowest BCUT2D eigenvalue weighted by Crippen LogP contribution is -2.17. The number of hydrogen-bond acceptors (Lipinski definition) is 5. The van der Waals surface area contributed by atoms with Crippen LogP contribution < -0.4 is 5.32 Å². The molecule has 1 aromatic carbocycles. The third-order valence-corrected chi connectivity index (χ3v) is 7.26. The fraction of sp³-hybridized carbons (Fsp3) is 0.450. The van der Waals surface area contributed by atoms with Crippen molar-refractivity contribution >= 4 is 27.2 Å². The first-order chi connectivity index (χ1) is 13.3. The standard InChI is InChI=1S/C20H23N3O4S/c1-13(24)14-5-4-6-15(11-14)21-20(25)19-17-7-2-3-8-18(17)23(22-19)16-9-10-28(26,27)12-16/h4-6,11,16H,2-3,7-10,12H2,1H3,(H,21,25). The summed E-state index contributed by atoms with van der Waals surface area (Å²) in [6.45, 7) is 1.48. The van der Waals surface area contributed by atoms with Crippen molar-refractivity contribution in [1.82, 2.24) is 9.78 Å². The maximum absolute atomic E-state index is 12.9. The van der Waals surface area contributed by atoms with E-state index in [9.17, 15) is 18.0 Å². The molecular weight excluding hydrogens is 378 g/mol. The normalized spacial score (nSPS) is 20.5. The lowest BCUT2D eigenvalue weighted by molar-refractivity contribution is 0.100. The van der Waals surface area contributed by atoms with E-state index in [-0.39, 0.29) is 29.2 Å². The lowest BCUT2D eigenvalue weighted by Gasteiger charge is -2.17. The Bertz CT molecular complexity index is 1060. The fourth-order valence-corrected chi connectivity index (χ4v) is 5.78. The molecule has 28 heavy (non-hydrogen) atoms. The zero-order valence-electron chi connectivity index (χ0n) is 15.8. The van der Waals surface area contributed by atoms with Crippen LogP contribution in [-0.4, -0.2) is 41.4 Å². The van der Waals surface area contributed by atoms with Crippen molar-refractivity contribution in [3.05, 3.63) is 46.8 Å². The van der Waals surface area contributed by atoms with Crippen LogP contribution >= 0.6 is 0 Å². The minimum absolute atomic E-state index is 0.0693. The Morgan fingerprint density at radius 1 is 1.21 bits per heavy atom. The molecule has 7 nitrogen and oxygen atoms in total. The van der Waals surface area contributed by atoms with Crippen molar-refractivity contribution < 1.29 is 18.0 Å². The number of rotatable bonds is 4. The summed E-state index contributed by atoms with van der Waals surface area (Å²) < 4.78 is 25.6. The molecule has 1 N–H and O–H groups in total. The van der Waals surface area contributed by atoms with Gasteiger partial charge in [0, 0.05) is 22.5 Å². The molecule has 1 unspecified atom stereocenters. The molecule has 148 valence electrons. The largest absolute Gasteiger partial charge is 0.321 e. The van der Waals surface area contributed by atoms with Crippen LogP contribution in [0.25, 0.3) is 0 Å². The van der Waals surface area contributed by atoms with E-state index >= 15 is 0 Å². The van der Waals surface area contributed by atoms with Crippen LogP contribution in [0, 0.1) is 0 Å². The summed E-state index contributed by atoms with van der Waals surface area (Å²) in [7, 11) is -3.04. The Balaban J connectivity index is 1.65. The van der Waals surface area contributed by atoms with Gasteiger partial charge in [-0.2, -0.15) is 5.10 Å². The Kier molecular flexibility index (Phi) is 4.82. The SMILES string of the molecule is CC(=O)c1cccc(NC(=O)c2nn(C3CCS(=O)(=O)C3)c3c2CCCC3)c1. The first kappa shape index (κ1) is 18.9. The summed E-state index contributed by atoms with van der Waals surface area (Å²) in [5, 5.41) is 7.40. The van der Waals surface area contributed by atoms with Crippen LogP contribution in [0.5, 0.6) is 0 Å². The number of sulfone groups is 1. The number of anilines is 1. The molecule has 4 rings (SSSR count). The van der Waals surface area contributed by atoms with Gasteiger partial charge in [-0.05, 0) is 51.2 Å². The van der Waals surface area contributed by atoms with Gasteiger partial charge in [-0.15, -0.1) is 0 Å². The number of fused-ring (bicyclic) bond motifs is 1. The Labute approximate surface area is 164 Å². The van der Waals surface area contributed by atoms with Crippen LogP contribution in [-0.2, 0) is 22.7 Å². The van der Waals surface area contributed by atoms with E-state index in [1.807, 2.05) is 0 Å². The van der Waals surface area contributed by atoms with Crippen LogP contribution in [0.15, 0.2) is 24.3 Å². The van der Waals surface area contributed by atoms with Gasteiger partial charge in [-0.3, -0.25) is 14.3 Å². The van der Waals surface area contributed by atoms with E-state index in [0.717, 1.165) is 36.9 Å². The summed E-state index contributed by atoms with van der Waals surface area (Å²) >= 11 is 0. The van der Waals surface area contributed by atoms with Gasteiger partial charge in [-0.25, -0.2) is 8.42 Å². The number of hydrogen-bond donors (Lipinski definition) is 1. The van der Waals surface area contributed by atoms with Gasteiger partial charge in [0.15, 0.2) is 21.3 Å². The number of Topliss-reactive ketones (excluding diaryl/α,β-unsaturated/α-hetero) is 1. The highest BCUT2D eigenvalue weighted by Crippen LogP contribution is 2.31. The van der Waals surface area contributed by atoms with Gasteiger partial charge in [0.05, 0.1) is 17.5 Å². The molecule has 1 saturated heterocycles. The van der Waals surface area contributed by atoms with E-state index in [1.165, 1.54) is 6.92 Å². The van der Waals surface area contributed by atoms with E-state index in [1.54, 1.807) is 28.9 Å². The molecule has 2 heterocycles. The molecule has 1 fully saturated rings. The first-order valence-electron chi connectivity index (χ1n) is 9.57. The fourth-order valence-electron chi connectivity index (χ4n) is 4.08. The summed E-state index contributed by atoms with van der Waals surface area (Å²) in [4.78, 5) is 24.5. The van der Waals surface area contributed by atoms with Crippen molar-refractivity contribution in [3.8, 4) is 0 Å². The molecule has 1 amide bonds. The van der Waals surface area contributed by atoms with Crippen LogP contribution in [0.4, 0.5) is 5.69 Å². The number of nitrogens with one attached hydrogen (secondary N) is 1. The van der Waals surface area contributed by atoms with Gasteiger partial charge in [-0.1, -0.05) is 12.1 Å². The van der Waals surface area contributed by atoms with Crippen molar-refractivity contribution in [3.63, 3.8) is 0 Å². The highest BCUT2D eigenvalue weighted by atomic mass is 32.2. The average Bonchev–Trinajstić information content (AvgIpc) is 3.22. The number of ketones is 1. The molecule has 1 atom stereocenters. The molecule has 1 aliphatic heterocycles. The molecule has 2 aromatic rings. The van der Waals surface area contributed by atoms with E-state index < -0.39 is 9.84 Å². The summed E-state index contributed by atoms with van der Waals surface area (Å²) in [5.41, 5.74) is 3.36. The quantitative estimate of drug-likeness (QED) is 0.794. The highest BCUT2D eigenvalue weighted by molar-refractivity contribution is 7.91. The molecule has 0 radical (unpaired) electrons. The molecule has 0 bridgehead atoms. The third kappa shape index (κ3) is 3.61. The number of amides is 1. The smallest absolute Gasteiger partial charge is 0.276 e. The molecule has 8 heteroatoms. The van der Waals surface area contributed by atoms with Gasteiger partial charge < -0.3 is 5.32 Å². The van der Waals surface area contributed by atoms with Crippen LogP contribution in [0.1, 0.15) is 64.3 Å². The van der Waals surface area contributed by atoms with Gasteiger partial charge in [0.25, 0.3) is 5.91 Å². The van der Waals surface area contributed by atoms with Gasteiger partial charge in [0.2, 0.25) is 0 Å². The predicted octanol–water partition coefficient (Wildman–Crippen LogP) is 2.58. The monoisotopic (exact) mass is 401 g/mol. The third-order valence-electron chi connectivity index (χ3n) is 5.51. The first-order valence-corrected chi connectivity index (χ1v) is 11.4. The van der Waals surface area contributed by atoms with Crippen molar-refractivity contribution in [2.45, 2.75) is 45.1 Å².